The quantitative estimate of drug-likeness (QED) is 0.746. The minimum absolute atomic E-state index is 0. The van der Waals surface area contributed by atoms with E-state index in [0.717, 1.165) is 19.2 Å². The van der Waals surface area contributed by atoms with Crippen LogP contribution < -0.4 is 5.32 Å². The smallest absolute Gasteiger partial charge is 0.314 e. The molecule has 1 aliphatic heterocycles. The highest BCUT2D eigenvalue weighted by molar-refractivity contribution is 6.31. The topological polar surface area (TPSA) is 15.3 Å². The van der Waals surface area contributed by atoms with E-state index in [1.165, 1.54) is 12.1 Å². The maximum absolute atomic E-state index is 13.1. The third kappa shape index (κ3) is 7.01. The second-order valence-electron chi connectivity index (χ2n) is 5.12. The minimum atomic E-state index is -4.21. The number of hydrogen-bond donors (Lipinski definition) is 1. The highest BCUT2D eigenvalue weighted by atomic mass is 35.5. The largest absolute Gasteiger partial charge is 0.389 e. The van der Waals surface area contributed by atoms with Gasteiger partial charge in [0.1, 0.15) is 5.82 Å². The van der Waals surface area contributed by atoms with Gasteiger partial charge in [0.05, 0.1) is 0 Å². The van der Waals surface area contributed by atoms with Crippen LogP contribution >= 0.6 is 36.4 Å². The van der Waals surface area contributed by atoms with E-state index >= 15 is 0 Å². The number of hydrogen-bond acceptors (Lipinski definition) is 2. The summed E-state index contributed by atoms with van der Waals surface area (Å²) >= 11 is 6.03. The van der Waals surface area contributed by atoms with Crippen LogP contribution in [0, 0.1) is 5.82 Å². The predicted molar refractivity (Wildman–Crippen MR) is 88.4 cm³/mol. The number of piperazine rings is 1. The van der Waals surface area contributed by atoms with Crippen LogP contribution in [0.15, 0.2) is 18.2 Å². The molecule has 1 fully saturated rings. The second-order valence-corrected chi connectivity index (χ2v) is 5.53. The number of alkyl halides is 3. The van der Waals surface area contributed by atoms with E-state index in [0.29, 0.717) is 18.7 Å². The van der Waals surface area contributed by atoms with Gasteiger partial charge in [0.25, 0.3) is 0 Å². The van der Waals surface area contributed by atoms with Gasteiger partial charge in [-0.2, -0.15) is 13.2 Å². The van der Waals surface area contributed by atoms with E-state index in [1.807, 2.05) is 4.90 Å². The number of benzene rings is 1. The van der Waals surface area contributed by atoms with Gasteiger partial charge in [-0.3, -0.25) is 4.90 Å². The fourth-order valence-corrected chi connectivity index (χ4v) is 2.89. The van der Waals surface area contributed by atoms with Crippen LogP contribution in [-0.4, -0.2) is 37.3 Å². The molecule has 2 rings (SSSR count). The molecular formula is C14H19Cl3F4N2. The number of halogens is 7. The summed E-state index contributed by atoms with van der Waals surface area (Å²) < 4.78 is 50.8. The average molecular weight is 398 g/mol. The molecule has 0 radical (unpaired) electrons. The van der Waals surface area contributed by atoms with Gasteiger partial charge in [-0.25, -0.2) is 4.39 Å². The van der Waals surface area contributed by atoms with Gasteiger partial charge in [0.15, 0.2) is 0 Å². The van der Waals surface area contributed by atoms with Crippen molar-refractivity contribution in [3.63, 3.8) is 0 Å². The number of rotatable bonds is 4. The zero-order valence-electron chi connectivity index (χ0n) is 12.2. The average Bonchev–Trinajstić information content (AvgIpc) is 2.41. The Balaban J connectivity index is 0.00000242. The van der Waals surface area contributed by atoms with E-state index in [-0.39, 0.29) is 36.3 Å². The zero-order chi connectivity index (χ0) is 15.5. The summed E-state index contributed by atoms with van der Waals surface area (Å²) in [5, 5.41) is 3.34. The normalized spacial score (nSPS) is 17.1. The summed E-state index contributed by atoms with van der Waals surface area (Å²) in [5.74, 6) is -0.487. The van der Waals surface area contributed by atoms with Crippen molar-refractivity contribution < 1.29 is 17.6 Å². The lowest BCUT2D eigenvalue weighted by Crippen LogP contribution is -2.45. The molecule has 0 aliphatic carbocycles. The Bertz CT molecular complexity index is 480. The minimum Gasteiger partial charge on any atom is -0.314 e. The van der Waals surface area contributed by atoms with E-state index in [4.69, 9.17) is 11.6 Å². The molecule has 1 atom stereocenters. The molecule has 1 N–H and O–H groups in total. The summed E-state index contributed by atoms with van der Waals surface area (Å²) in [4.78, 5) is 1.97. The molecule has 9 heteroatoms. The first-order valence-electron chi connectivity index (χ1n) is 6.83. The van der Waals surface area contributed by atoms with Gasteiger partial charge < -0.3 is 5.32 Å². The van der Waals surface area contributed by atoms with Crippen LogP contribution in [0.2, 0.25) is 5.02 Å². The van der Waals surface area contributed by atoms with Gasteiger partial charge >= 0.3 is 6.18 Å². The number of nitrogens with one attached hydrogen (secondary N) is 1. The van der Waals surface area contributed by atoms with Crippen LogP contribution in [0.3, 0.4) is 0 Å². The Morgan fingerprint density at radius 1 is 1.17 bits per heavy atom. The summed E-state index contributed by atoms with van der Waals surface area (Å²) in [5.41, 5.74) is 0.559. The molecule has 134 valence electrons. The molecule has 2 nitrogen and oxygen atoms in total. The molecule has 1 aliphatic rings. The standard InChI is InChI=1S/C14H17ClF4N2.2ClH/c15-12-9-10(16)1-2-11(12)13(3-4-14(17,18)19)21-7-5-20-6-8-21;;/h1-2,9,13,20H,3-8H2;2*1H/t13-;;/m1../s1. The first-order chi connectivity index (χ1) is 9.87. The van der Waals surface area contributed by atoms with Crippen LogP contribution in [0.25, 0.3) is 0 Å². The monoisotopic (exact) mass is 396 g/mol. The molecule has 1 aromatic rings. The van der Waals surface area contributed by atoms with Crippen molar-refractivity contribution in [1.29, 1.82) is 0 Å². The van der Waals surface area contributed by atoms with Crippen molar-refractivity contribution in [2.45, 2.75) is 25.1 Å². The van der Waals surface area contributed by atoms with E-state index < -0.39 is 24.5 Å². The Morgan fingerprint density at radius 2 is 1.78 bits per heavy atom. The van der Waals surface area contributed by atoms with Gasteiger partial charge in [0.2, 0.25) is 0 Å². The van der Waals surface area contributed by atoms with Crippen molar-refractivity contribution in [2.24, 2.45) is 0 Å². The lowest BCUT2D eigenvalue weighted by molar-refractivity contribution is -0.138. The van der Waals surface area contributed by atoms with Crippen LogP contribution in [0.4, 0.5) is 17.6 Å². The Morgan fingerprint density at radius 3 is 2.30 bits per heavy atom. The van der Waals surface area contributed by atoms with Gasteiger partial charge in [-0.15, -0.1) is 24.8 Å². The van der Waals surface area contributed by atoms with Crippen LogP contribution in [0.1, 0.15) is 24.4 Å². The molecule has 0 bridgehead atoms. The maximum Gasteiger partial charge on any atom is 0.389 e. The highest BCUT2D eigenvalue weighted by Gasteiger charge is 2.32. The molecule has 1 heterocycles. The number of nitrogens with zero attached hydrogens (tertiary/aromatic N) is 1. The molecule has 23 heavy (non-hydrogen) atoms. The lowest BCUT2D eigenvalue weighted by Gasteiger charge is -2.36. The molecular weight excluding hydrogens is 379 g/mol. The van der Waals surface area contributed by atoms with Crippen molar-refractivity contribution in [3.8, 4) is 0 Å². The molecule has 0 spiro atoms. The first kappa shape index (κ1) is 22.7. The Labute approximate surface area is 150 Å². The summed E-state index contributed by atoms with van der Waals surface area (Å²) in [7, 11) is 0. The predicted octanol–water partition coefficient (Wildman–Crippen LogP) is 4.61. The van der Waals surface area contributed by atoms with Crippen molar-refractivity contribution >= 4 is 36.4 Å². The van der Waals surface area contributed by atoms with E-state index in [9.17, 15) is 17.6 Å². The summed E-state index contributed by atoms with van der Waals surface area (Å²) in [6.07, 6.45) is -5.16. The molecule has 1 aromatic carbocycles. The van der Waals surface area contributed by atoms with Crippen molar-refractivity contribution in [2.75, 3.05) is 26.2 Å². The van der Waals surface area contributed by atoms with Crippen molar-refractivity contribution in [1.82, 2.24) is 10.2 Å². The van der Waals surface area contributed by atoms with Gasteiger partial charge in [0, 0.05) is 43.7 Å². The first-order valence-corrected chi connectivity index (χ1v) is 7.21. The zero-order valence-corrected chi connectivity index (χ0v) is 14.6. The molecule has 0 unspecified atom stereocenters. The van der Waals surface area contributed by atoms with Crippen LogP contribution in [0.5, 0.6) is 0 Å². The molecule has 0 amide bonds. The SMILES string of the molecule is Cl.Cl.Fc1ccc([C@@H](CCC(F)(F)F)N2CCNCC2)c(Cl)c1. The lowest BCUT2D eigenvalue weighted by atomic mass is 9.99. The van der Waals surface area contributed by atoms with E-state index in [1.54, 1.807) is 0 Å². The fraction of sp³-hybridized carbons (Fsp3) is 0.571. The Kier molecular flexibility index (Phi) is 9.77. The molecule has 0 saturated carbocycles. The van der Waals surface area contributed by atoms with Crippen molar-refractivity contribution in [3.05, 3.63) is 34.6 Å². The molecule has 1 saturated heterocycles. The third-order valence-corrected chi connectivity index (χ3v) is 3.94. The summed E-state index contributed by atoms with van der Waals surface area (Å²) in [6.45, 7) is 2.75. The third-order valence-electron chi connectivity index (χ3n) is 3.62. The maximum atomic E-state index is 13.1. The van der Waals surface area contributed by atoms with E-state index in [2.05, 4.69) is 5.32 Å². The van der Waals surface area contributed by atoms with Gasteiger partial charge in [-0.1, -0.05) is 17.7 Å². The molecule has 0 aromatic heterocycles. The Hall–Kier alpha value is -0.270. The summed E-state index contributed by atoms with van der Waals surface area (Å²) in [6, 6.07) is 3.44. The van der Waals surface area contributed by atoms with Crippen LogP contribution in [-0.2, 0) is 0 Å². The highest BCUT2D eigenvalue weighted by Crippen LogP contribution is 2.35. The van der Waals surface area contributed by atoms with Gasteiger partial charge in [-0.05, 0) is 24.1 Å². The second kappa shape index (κ2) is 9.89. The fourth-order valence-electron chi connectivity index (χ4n) is 2.60.